The lowest BCUT2D eigenvalue weighted by Crippen LogP contribution is -1.95. The van der Waals surface area contributed by atoms with Gasteiger partial charge >= 0.3 is 0 Å². The fourth-order valence-electron chi connectivity index (χ4n) is 1.85. The highest BCUT2D eigenvalue weighted by molar-refractivity contribution is 7.71. The molecule has 0 saturated heterocycles. The van der Waals surface area contributed by atoms with Crippen LogP contribution in [0.5, 0.6) is 5.75 Å². The number of benzene rings is 1. The van der Waals surface area contributed by atoms with Crippen LogP contribution in [0.3, 0.4) is 0 Å². The molecule has 112 valence electrons. The van der Waals surface area contributed by atoms with Crippen LogP contribution in [0, 0.1) is 11.7 Å². The van der Waals surface area contributed by atoms with Crippen molar-refractivity contribution in [2.45, 2.75) is 13.5 Å². The summed E-state index contributed by atoms with van der Waals surface area (Å²) in [5.74, 6) is 2.19. The first kappa shape index (κ1) is 14.3. The lowest BCUT2D eigenvalue weighted by molar-refractivity contribution is 0.268. The van der Waals surface area contributed by atoms with E-state index in [-0.39, 0.29) is 0 Å². The first-order chi connectivity index (χ1) is 10.7. The second-order valence-corrected chi connectivity index (χ2v) is 5.00. The molecule has 0 unspecified atom stereocenters. The smallest absolute Gasteiger partial charge is 0.216 e. The Labute approximate surface area is 132 Å². The minimum absolute atomic E-state index is 0.365. The van der Waals surface area contributed by atoms with Crippen LogP contribution in [0.2, 0.25) is 0 Å². The van der Waals surface area contributed by atoms with Gasteiger partial charge < -0.3 is 9.15 Å². The van der Waals surface area contributed by atoms with Crippen LogP contribution < -0.4 is 4.74 Å². The Morgan fingerprint density at radius 1 is 1.36 bits per heavy atom. The summed E-state index contributed by atoms with van der Waals surface area (Å²) < 4.78 is 13.2. The molecule has 3 rings (SSSR count). The standard InChI is InChI=1S/C15H14N4O2S/c1-11-4-2-3-5-14(11)20-9-13-7-6-12(21-13)8-17-19-10-16-18-15(19)22/h2-8,10H,9H2,1H3,(H,18,22)/b17-8-. The van der Waals surface area contributed by atoms with Crippen molar-refractivity contribution in [3.8, 4) is 5.75 Å². The predicted molar refractivity (Wildman–Crippen MR) is 84.6 cm³/mol. The van der Waals surface area contributed by atoms with Crippen molar-refractivity contribution in [3.63, 3.8) is 0 Å². The molecule has 0 spiro atoms. The van der Waals surface area contributed by atoms with Gasteiger partial charge in [0.15, 0.2) is 0 Å². The van der Waals surface area contributed by atoms with Crippen molar-refractivity contribution in [1.29, 1.82) is 0 Å². The van der Waals surface area contributed by atoms with Crippen LogP contribution in [0.4, 0.5) is 0 Å². The van der Waals surface area contributed by atoms with Gasteiger partial charge in [-0.25, -0.2) is 0 Å². The van der Waals surface area contributed by atoms with Crippen LogP contribution in [0.15, 0.2) is 52.2 Å². The number of H-pyrrole nitrogens is 1. The fourth-order valence-corrected chi connectivity index (χ4v) is 2.00. The molecule has 22 heavy (non-hydrogen) atoms. The zero-order chi connectivity index (χ0) is 15.4. The molecule has 0 fully saturated rings. The Kier molecular flexibility index (Phi) is 4.15. The molecule has 7 heteroatoms. The topological polar surface area (TPSA) is 68.3 Å². The predicted octanol–water partition coefficient (Wildman–Crippen LogP) is 3.30. The number of ether oxygens (including phenoxy) is 1. The van der Waals surface area contributed by atoms with Gasteiger partial charge in [0.1, 0.15) is 30.2 Å². The van der Waals surface area contributed by atoms with Crippen molar-refractivity contribution in [2.75, 3.05) is 0 Å². The second-order valence-electron chi connectivity index (χ2n) is 4.61. The van der Waals surface area contributed by atoms with Gasteiger partial charge in [-0.15, -0.1) is 0 Å². The largest absolute Gasteiger partial charge is 0.485 e. The van der Waals surface area contributed by atoms with E-state index in [4.69, 9.17) is 21.4 Å². The molecule has 2 heterocycles. The Hall–Kier alpha value is -2.67. The maximum atomic E-state index is 5.73. The summed E-state index contributed by atoms with van der Waals surface area (Å²) in [5, 5.41) is 10.5. The summed E-state index contributed by atoms with van der Waals surface area (Å²) in [5.41, 5.74) is 1.09. The number of aromatic amines is 1. The minimum atomic E-state index is 0.365. The van der Waals surface area contributed by atoms with E-state index in [1.165, 1.54) is 11.0 Å². The molecule has 2 aromatic heterocycles. The fraction of sp³-hybridized carbons (Fsp3) is 0.133. The summed E-state index contributed by atoms with van der Waals surface area (Å²) in [6, 6.07) is 11.5. The van der Waals surface area contributed by atoms with Crippen LogP contribution in [0.1, 0.15) is 17.1 Å². The highest BCUT2D eigenvalue weighted by Gasteiger charge is 2.03. The monoisotopic (exact) mass is 314 g/mol. The van der Waals surface area contributed by atoms with Crippen molar-refractivity contribution in [1.82, 2.24) is 14.9 Å². The number of aromatic nitrogens is 3. The number of hydrogen-bond donors (Lipinski definition) is 1. The Morgan fingerprint density at radius 3 is 3.00 bits per heavy atom. The third-order valence-electron chi connectivity index (χ3n) is 2.99. The minimum Gasteiger partial charge on any atom is -0.485 e. The van der Waals surface area contributed by atoms with Gasteiger partial charge in [0.05, 0.1) is 6.21 Å². The van der Waals surface area contributed by atoms with E-state index >= 15 is 0 Å². The average Bonchev–Trinajstić information content (AvgIpc) is 3.13. The summed E-state index contributed by atoms with van der Waals surface area (Å²) in [4.78, 5) is 0. The molecule has 0 aliphatic heterocycles. The first-order valence-corrected chi connectivity index (χ1v) is 7.07. The third-order valence-corrected chi connectivity index (χ3v) is 3.27. The van der Waals surface area contributed by atoms with Crippen molar-refractivity contribution < 1.29 is 9.15 Å². The molecule has 0 aliphatic rings. The maximum absolute atomic E-state index is 5.73. The van der Waals surface area contributed by atoms with E-state index in [9.17, 15) is 0 Å². The molecule has 6 nitrogen and oxygen atoms in total. The normalized spacial score (nSPS) is 11.1. The molecule has 0 amide bonds. The molecule has 3 aromatic rings. The lowest BCUT2D eigenvalue weighted by Gasteiger charge is -2.06. The molecule has 0 atom stereocenters. The van der Waals surface area contributed by atoms with Gasteiger partial charge in [0.2, 0.25) is 4.77 Å². The number of para-hydroxylation sites is 1. The van der Waals surface area contributed by atoms with Gasteiger partial charge in [-0.3, -0.25) is 5.10 Å². The number of aryl methyl sites for hydroxylation is 1. The molecule has 0 radical (unpaired) electrons. The zero-order valence-electron chi connectivity index (χ0n) is 11.9. The highest BCUT2D eigenvalue weighted by atomic mass is 32.1. The van der Waals surface area contributed by atoms with Gasteiger partial charge in [-0.1, -0.05) is 18.2 Å². The molecular weight excluding hydrogens is 300 g/mol. The van der Waals surface area contributed by atoms with Crippen LogP contribution in [0.25, 0.3) is 0 Å². The van der Waals surface area contributed by atoms with Gasteiger partial charge in [-0.05, 0) is 42.9 Å². The SMILES string of the molecule is Cc1ccccc1OCc1ccc(/C=N\n2cn[nH]c2=S)o1. The van der Waals surface area contributed by atoms with E-state index in [1.807, 2.05) is 43.3 Å². The number of furan rings is 1. The zero-order valence-corrected chi connectivity index (χ0v) is 12.7. The van der Waals surface area contributed by atoms with E-state index in [1.54, 1.807) is 6.21 Å². The summed E-state index contributed by atoms with van der Waals surface area (Å²) >= 11 is 4.99. The highest BCUT2D eigenvalue weighted by Crippen LogP contribution is 2.18. The number of rotatable bonds is 5. The summed E-state index contributed by atoms with van der Waals surface area (Å²) in [7, 11) is 0. The number of nitrogens with zero attached hydrogens (tertiary/aromatic N) is 3. The van der Waals surface area contributed by atoms with Gasteiger partial charge in [0.25, 0.3) is 0 Å². The summed E-state index contributed by atoms with van der Waals surface area (Å²) in [6.45, 7) is 2.37. The average molecular weight is 314 g/mol. The number of hydrogen-bond acceptors (Lipinski definition) is 5. The van der Waals surface area contributed by atoms with Crippen LogP contribution >= 0.6 is 12.2 Å². The van der Waals surface area contributed by atoms with Crippen molar-refractivity contribution in [3.05, 3.63) is 64.6 Å². The molecule has 1 N–H and O–H groups in total. The molecule has 0 aliphatic carbocycles. The Morgan fingerprint density at radius 2 is 2.23 bits per heavy atom. The molecule has 0 saturated carbocycles. The Balaban J connectivity index is 1.64. The van der Waals surface area contributed by atoms with Crippen LogP contribution in [-0.2, 0) is 6.61 Å². The van der Waals surface area contributed by atoms with Gasteiger partial charge in [0, 0.05) is 0 Å². The van der Waals surface area contributed by atoms with Gasteiger partial charge in [-0.2, -0.15) is 14.9 Å². The van der Waals surface area contributed by atoms with E-state index < -0.39 is 0 Å². The summed E-state index contributed by atoms with van der Waals surface area (Å²) in [6.07, 6.45) is 3.06. The third kappa shape index (κ3) is 3.32. The van der Waals surface area contributed by atoms with E-state index in [0.29, 0.717) is 17.1 Å². The lowest BCUT2D eigenvalue weighted by atomic mass is 10.2. The van der Waals surface area contributed by atoms with Crippen LogP contribution in [-0.4, -0.2) is 21.1 Å². The van der Waals surface area contributed by atoms with Crippen molar-refractivity contribution in [2.24, 2.45) is 5.10 Å². The Bertz CT molecular complexity index is 847. The van der Waals surface area contributed by atoms with Crippen molar-refractivity contribution >= 4 is 18.4 Å². The number of nitrogens with one attached hydrogen (secondary N) is 1. The van der Waals surface area contributed by atoms with E-state index in [2.05, 4.69) is 15.3 Å². The molecule has 1 aromatic carbocycles. The first-order valence-electron chi connectivity index (χ1n) is 6.66. The quantitative estimate of drug-likeness (QED) is 0.579. The molecule has 0 bridgehead atoms. The van der Waals surface area contributed by atoms with E-state index in [0.717, 1.165) is 17.1 Å². The second kappa shape index (κ2) is 6.40. The maximum Gasteiger partial charge on any atom is 0.216 e. The molecular formula is C15H14N4O2S.